The monoisotopic (exact) mass is 326 g/mol. The number of carbonyl (C=O) groups excluding carboxylic acids is 1. The fraction of sp³-hybridized carbons (Fsp3) is 0.421. The molecule has 0 saturated heterocycles. The van der Waals surface area contributed by atoms with E-state index in [4.69, 9.17) is 0 Å². The van der Waals surface area contributed by atoms with Crippen LogP contribution < -0.4 is 4.90 Å². The van der Waals surface area contributed by atoms with Gasteiger partial charge in [-0.25, -0.2) is 4.98 Å². The molecule has 0 radical (unpaired) electrons. The van der Waals surface area contributed by atoms with Crippen LogP contribution >= 0.6 is 0 Å². The first-order valence-electron chi connectivity index (χ1n) is 8.35. The number of nitrogens with zero attached hydrogens (tertiary/aromatic N) is 4. The number of aromatic nitrogens is 2. The molecule has 0 spiro atoms. The van der Waals surface area contributed by atoms with Crippen LogP contribution in [0.5, 0.6) is 0 Å². The number of anilines is 1. The van der Waals surface area contributed by atoms with Gasteiger partial charge in [0.15, 0.2) is 0 Å². The Morgan fingerprint density at radius 1 is 1.17 bits per heavy atom. The van der Waals surface area contributed by atoms with Crippen LogP contribution in [0, 0.1) is 0 Å². The van der Waals surface area contributed by atoms with Crippen LogP contribution in [0.3, 0.4) is 0 Å². The second kappa shape index (κ2) is 8.43. The van der Waals surface area contributed by atoms with Crippen LogP contribution in [0.1, 0.15) is 48.1 Å². The van der Waals surface area contributed by atoms with Gasteiger partial charge >= 0.3 is 0 Å². The molecule has 0 aliphatic heterocycles. The van der Waals surface area contributed by atoms with Gasteiger partial charge in [-0.05, 0) is 30.2 Å². The average molecular weight is 326 g/mol. The van der Waals surface area contributed by atoms with Crippen molar-refractivity contribution in [2.24, 2.45) is 0 Å². The number of pyridine rings is 2. The van der Waals surface area contributed by atoms with Gasteiger partial charge in [0.2, 0.25) is 0 Å². The summed E-state index contributed by atoms with van der Waals surface area (Å²) in [4.78, 5) is 25.1. The number of rotatable bonds is 7. The van der Waals surface area contributed by atoms with Gasteiger partial charge in [-0.3, -0.25) is 9.78 Å². The highest BCUT2D eigenvalue weighted by Crippen LogP contribution is 2.26. The lowest BCUT2D eigenvalue weighted by atomic mass is 10.0. The van der Waals surface area contributed by atoms with E-state index in [0.29, 0.717) is 5.56 Å². The molecule has 0 N–H and O–H groups in total. The van der Waals surface area contributed by atoms with E-state index >= 15 is 0 Å². The van der Waals surface area contributed by atoms with Gasteiger partial charge in [0.25, 0.3) is 5.91 Å². The molecule has 128 valence electrons. The lowest BCUT2D eigenvalue weighted by Gasteiger charge is -2.28. The summed E-state index contributed by atoms with van der Waals surface area (Å²) in [6.07, 6.45) is 8.33. The minimum absolute atomic E-state index is 0.0160. The predicted octanol–water partition coefficient (Wildman–Crippen LogP) is 3.55. The molecule has 0 saturated carbocycles. The molecule has 2 aromatic heterocycles. The zero-order valence-corrected chi connectivity index (χ0v) is 14.9. The van der Waals surface area contributed by atoms with Gasteiger partial charge in [-0.2, -0.15) is 0 Å². The Balaban J connectivity index is 2.21. The quantitative estimate of drug-likeness (QED) is 0.781. The topological polar surface area (TPSA) is 49.3 Å². The number of carbonyl (C=O) groups is 1. The van der Waals surface area contributed by atoms with Crippen molar-refractivity contribution in [1.82, 2.24) is 14.9 Å². The van der Waals surface area contributed by atoms with Gasteiger partial charge < -0.3 is 9.80 Å². The van der Waals surface area contributed by atoms with Crippen LogP contribution in [0.2, 0.25) is 0 Å². The zero-order chi connectivity index (χ0) is 17.5. The highest BCUT2D eigenvalue weighted by molar-refractivity contribution is 5.94. The van der Waals surface area contributed by atoms with Gasteiger partial charge in [0.1, 0.15) is 5.82 Å². The average Bonchev–Trinajstić information content (AvgIpc) is 2.62. The first kappa shape index (κ1) is 17.9. The largest absolute Gasteiger partial charge is 0.363 e. The standard InChI is InChI=1S/C19H26N4O/c1-5-6-9-17(15-8-7-12-20-13-15)23(4)19(24)16-10-11-18(21-14-16)22(2)3/h7-8,10-14,17H,5-6,9H2,1-4H3/t17-/m0/s1. The number of amides is 1. The van der Waals surface area contributed by atoms with Crippen molar-refractivity contribution in [3.63, 3.8) is 0 Å². The normalized spacial score (nSPS) is 11.8. The fourth-order valence-electron chi connectivity index (χ4n) is 2.68. The molecule has 0 aromatic carbocycles. The van der Waals surface area contributed by atoms with Crippen LogP contribution in [0.25, 0.3) is 0 Å². The summed E-state index contributed by atoms with van der Waals surface area (Å²) in [5.74, 6) is 0.821. The Labute approximate surface area is 144 Å². The lowest BCUT2D eigenvalue weighted by Crippen LogP contribution is -2.31. The molecule has 2 rings (SSSR count). The molecular formula is C19H26N4O. The Bertz CT molecular complexity index is 640. The smallest absolute Gasteiger partial charge is 0.255 e. The Kier molecular flexibility index (Phi) is 6.29. The van der Waals surface area contributed by atoms with Crippen molar-refractivity contribution in [2.45, 2.75) is 32.2 Å². The number of unbranched alkanes of at least 4 members (excludes halogenated alkanes) is 1. The Hall–Kier alpha value is -2.43. The molecule has 0 aliphatic carbocycles. The molecule has 2 heterocycles. The van der Waals surface area contributed by atoms with Crippen molar-refractivity contribution in [2.75, 3.05) is 26.0 Å². The van der Waals surface area contributed by atoms with E-state index in [9.17, 15) is 4.79 Å². The highest BCUT2D eigenvalue weighted by Gasteiger charge is 2.22. The van der Waals surface area contributed by atoms with E-state index in [1.807, 2.05) is 56.5 Å². The first-order valence-corrected chi connectivity index (χ1v) is 8.35. The van der Waals surface area contributed by atoms with Gasteiger partial charge in [-0.15, -0.1) is 0 Å². The maximum atomic E-state index is 12.9. The van der Waals surface area contributed by atoms with E-state index in [1.165, 1.54) is 0 Å². The van der Waals surface area contributed by atoms with Gasteiger partial charge in [0.05, 0.1) is 11.6 Å². The SMILES string of the molecule is CCCC[C@@H](c1cccnc1)N(C)C(=O)c1ccc(N(C)C)nc1. The maximum Gasteiger partial charge on any atom is 0.255 e. The third-order valence-corrected chi connectivity index (χ3v) is 4.14. The lowest BCUT2D eigenvalue weighted by molar-refractivity contribution is 0.0719. The number of hydrogen-bond donors (Lipinski definition) is 0. The number of hydrogen-bond acceptors (Lipinski definition) is 4. The molecule has 1 amide bonds. The minimum atomic E-state index is -0.0160. The molecule has 0 fully saturated rings. The third-order valence-electron chi connectivity index (χ3n) is 4.14. The summed E-state index contributed by atoms with van der Waals surface area (Å²) in [6, 6.07) is 7.68. The van der Waals surface area contributed by atoms with Gasteiger partial charge in [0, 0.05) is 39.7 Å². The first-order chi connectivity index (χ1) is 11.5. The van der Waals surface area contributed by atoms with Gasteiger partial charge in [-0.1, -0.05) is 25.8 Å². The summed E-state index contributed by atoms with van der Waals surface area (Å²) in [6.45, 7) is 2.16. The molecular weight excluding hydrogens is 300 g/mol. The van der Waals surface area contributed by atoms with Crippen LogP contribution in [0.15, 0.2) is 42.9 Å². The van der Waals surface area contributed by atoms with Crippen LogP contribution in [0.4, 0.5) is 5.82 Å². The molecule has 5 nitrogen and oxygen atoms in total. The molecule has 24 heavy (non-hydrogen) atoms. The molecule has 0 bridgehead atoms. The van der Waals surface area contributed by atoms with E-state index < -0.39 is 0 Å². The highest BCUT2D eigenvalue weighted by atomic mass is 16.2. The van der Waals surface area contributed by atoms with Crippen molar-refractivity contribution in [3.8, 4) is 0 Å². The Morgan fingerprint density at radius 3 is 2.50 bits per heavy atom. The van der Waals surface area contributed by atoms with E-state index in [0.717, 1.165) is 30.6 Å². The van der Waals surface area contributed by atoms with E-state index in [-0.39, 0.29) is 11.9 Å². The fourth-order valence-corrected chi connectivity index (χ4v) is 2.68. The Morgan fingerprint density at radius 2 is 1.96 bits per heavy atom. The van der Waals surface area contributed by atoms with E-state index in [2.05, 4.69) is 16.9 Å². The van der Waals surface area contributed by atoms with Crippen LogP contribution in [-0.2, 0) is 0 Å². The van der Waals surface area contributed by atoms with Crippen molar-refractivity contribution >= 4 is 11.7 Å². The second-order valence-corrected chi connectivity index (χ2v) is 6.16. The van der Waals surface area contributed by atoms with Crippen molar-refractivity contribution in [3.05, 3.63) is 54.0 Å². The maximum absolute atomic E-state index is 12.9. The molecule has 2 aromatic rings. The minimum Gasteiger partial charge on any atom is -0.363 e. The van der Waals surface area contributed by atoms with Crippen molar-refractivity contribution < 1.29 is 4.79 Å². The summed E-state index contributed by atoms with van der Waals surface area (Å²) < 4.78 is 0. The van der Waals surface area contributed by atoms with E-state index in [1.54, 1.807) is 17.3 Å². The summed E-state index contributed by atoms with van der Waals surface area (Å²) in [5.41, 5.74) is 1.67. The zero-order valence-electron chi connectivity index (χ0n) is 14.9. The molecule has 0 unspecified atom stereocenters. The third kappa shape index (κ3) is 4.31. The van der Waals surface area contributed by atoms with Crippen LogP contribution in [-0.4, -0.2) is 41.9 Å². The molecule has 1 atom stereocenters. The summed E-state index contributed by atoms with van der Waals surface area (Å²) >= 11 is 0. The second-order valence-electron chi connectivity index (χ2n) is 6.16. The van der Waals surface area contributed by atoms with Crippen molar-refractivity contribution in [1.29, 1.82) is 0 Å². The predicted molar refractivity (Wildman–Crippen MR) is 97.2 cm³/mol. The summed E-state index contributed by atoms with van der Waals surface area (Å²) in [7, 11) is 5.72. The molecule has 5 heteroatoms. The molecule has 0 aliphatic rings. The summed E-state index contributed by atoms with van der Waals surface area (Å²) in [5, 5.41) is 0.